The topological polar surface area (TPSA) is 61.7 Å². The van der Waals surface area contributed by atoms with Gasteiger partial charge in [-0.3, -0.25) is 4.79 Å². The Balaban J connectivity index is 2.22. The number of halogens is 3. The molecule has 0 unspecified atom stereocenters. The van der Waals surface area contributed by atoms with Gasteiger partial charge in [0.25, 0.3) is 5.91 Å². The number of nitrogens with zero attached hydrogens (tertiary/aromatic N) is 1. The molecule has 4 nitrogen and oxygen atoms in total. The highest BCUT2D eigenvalue weighted by atomic mass is 35.5. The van der Waals surface area contributed by atoms with Crippen molar-refractivity contribution in [3.05, 3.63) is 64.2 Å². The van der Waals surface area contributed by atoms with Crippen LogP contribution in [0.3, 0.4) is 0 Å². The number of phenols is 1. The van der Waals surface area contributed by atoms with Gasteiger partial charge in [0.2, 0.25) is 0 Å². The van der Waals surface area contributed by atoms with Crippen molar-refractivity contribution in [3.63, 3.8) is 0 Å². The van der Waals surface area contributed by atoms with Crippen molar-refractivity contribution < 1.29 is 18.7 Å². The summed E-state index contributed by atoms with van der Waals surface area (Å²) in [5.74, 6) is -2.28. The summed E-state index contributed by atoms with van der Waals surface area (Å²) in [6.45, 7) is 1.41. The molecular formula is C15H11ClF2N2O2. The van der Waals surface area contributed by atoms with E-state index in [0.717, 1.165) is 18.2 Å². The van der Waals surface area contributed by atoms with Gasteiger partial charge in [0, 0.05) is 10.6 Å². The van der Waals surface area contributed by atoms with Crippen LogP contribution in [0.5, 0.6) is 5.75 Å². The third kappa shape index (κ3) is 3.59. The number of amides is 1. The van der Waals surface area contributed by atoms with Crippen molar-refractivity contribution in [2.45, 2.75) is 6.92 Å². The number of nitrogens with one attached hydrogen (secondary N) is 1. The molecule has 2 aromatic rings. The Hall–Kier alpha value is -2.47. The van der Waals surface area contributed by atoms with Gasteiger partial charge in [-0.15, -0.1) is 0 Å². The predicted octanol–water partition coefficient (Wildman–Crippen LogP) is 3.48. The average molecular weight is 325 g/mol. The minimum Gasteiger partial charge on any atom is -0.507 e. The number of hydrogen-bond donors (Lipinski definition) is 2. The van der Waals surface area contributed by atoms with Crippen molar-refractivity contribution in [1.29, 1.82) is 0 Å². The van der Waals surface area contributed by atoms with Crippen LogP contribution in [0, 0.1) is 11.6 Å². The highest BCUT2D eigenvalue weighted by Gasteiger charge is 2.12. The molecule has 0 atom stereocenters. The number of carbonyl (C=O) groups is 1. The molecule has 0 aliphatic rings. The van der Waals surface area contributed by atoms with Gasteiger partial charge >= 0.3 is 0 Å². The third-order valence-electron chi connectivity index (χ3n) is 2.85. The quantitative estimate of drug-likeness (QED) is 0.670. The first-order valence-electron chi connectivity index (χ1n) is 6.17. The van der Waals surface area contributed by atoms with E-state index in [9.17, 15) is 18.7 Å². The largest absolute Gasteiger partial charge is 0.507 e. The van der Waals surface area contributed by atoms with Crippen LogP contribution in [0.25, 0.3) is 0 Å². The molecule has 22 heavy (non-hydrogen) atoms. The normalized spacial score (nSPS) is 11.4. The van der Waals surface area contributed by atoms with E-state index < -0.39 is 17.5 Å². The lowest BCUT2D eigenvalue weighted by Crippen LogP contribution is -2.19. The number of hydrogen-bond acceptors (Lipinski definition) is 3. The lowest BCUT2D eigenvalue weighted by atomic mass is 10.1. The first-order chi connectivity index (χ1) is 10.4. The van der Waals surface area contributed by atoms with Gasteiger partial charge in [-0.2, -0.15) is 5.10 Å². The van der Waals surface area contributed by atoms with Crippen LogP contribution < -0.4 is 5.43 Å². The number of carbonyl (C=O) groups excluding carboxylic acids is 1. The molecule has 0 spiro atoms. The van der Waals surface area contributed by atoms with E-state index in [-0.39, 0.29) is 27.6 Å². The summed E-state index contributed by atoms with van der Waals surface area (Å²) in [4.78, 5) is 11.9. The zero-order valence-corrected chi connectivity index (χ0v) is 12.2. The van der Waals surface area contributed by atoms with E-state index in [1.165, 1.54) is 25.1 Å². The number of benzene rings is 2. The minimum atomic E-state index is -0.726. The summed E-state index contributed by atoms with van der Waals surface area (Å²) in [6.07, 6.45) is 0. The molecule has 0 aliphatic heterocycles. The summed E-state index contributed by atoms with van der Waals surface area (Å²) >= 11 is 5.74. The maximum atomic E-state index is 13.6. The molecule has 0 radical (unpaired) electrons. The molecule has 0 heterocycles. The Bertz CT molecular complexity index is 763. The van der Waals surface area contributed by atoms with E-state index in [2.05, 4.69) is 10.5 Å². The first kappa shape index (κ1) is 15.9. The molecule has 2 aromatic carbocycles. The molecule has 2 N–H and O–H groups in total. The Morgan fingerprint density at radius 2 is 1.91 bits per heavy atom. The SMILES string of the molecule is C/C(=N/NC(=O)c1cc(Cl)ccc1O)c1cc(F)ccc1F. The highest BCUT2D eigenvalue weighted by molar-refractivity contribution is 6.31. The summed E-state index contributed by atoms with van der Waals surface area (Å²) in [5, 5.41) is 13.6. The zero-order chi connectivity index (χ0) is 16.3. The van der Waals surface area contributed by atoms with Crippen LogP contribution in [-0.2, 0) is 0 Å². The van der Waals surface area contributed by atoms with Crippen molar-refractivity contribution in [3.8, 4) is 5.75 Å². The van der Waals surface area contributed by atoms with Gasteiger partial charge < -0.3 is 5.11 Å². The van der Waals surface area contributed by atoms with E-state index >= 15 is 0 Å². The number of aromatic hydroxyl groups is 1. The molecule has 114 valence electrons. The Kier molecular flexibility index (Phi) is 4.72. The number of hydrazone groups is 1. The zero-order valence-electron chi connectivity index (χ0n) is 11.4. The second-order valence-corrected chi connectivity index (χ2v) is 4.86. The van der Waals surface area contributed by atoms with Gasteiger partial charge in [0.15, 0.2) is 0 Å². The van der Waals surface area contributed by atoms with Crippen molar-refractivity contribution in [1.82, 2.24) is 5.43 Å². The van der Waals surface area contributed by atoms with Gasteiger partial charge in [0.05, 0.1) is 11.3 Å². The van der Waals surface area contributed by atoms with Crippen LogP contribution in [-0.4, -0.2) is 16.7 Å². The van der Waals surface area contributed by atoms with Gasteiger partial charge in [0.1, 0.15) is 17.4 Å². The molecule has 1 amide bonds. The fourth-order valence-electron chi connectivity index (χ4n) is 1.72. The molecule has 0 aromatic heterocycles. The van der Waals surface area contributed by atoms with Crippen LogP contribution in [0.2, 0.25) is 5.02 Å². The molecule has 0 bridgehead atoms. The van der Waals surface area contributed by atoms with Gasteiger partial charge in [-0.25, -0.2) is 14.2 Å². The molecule has 0 aliphatic carbocycles. The van der Waals surface area contributed by atoms with E-state index in [0.29, 0.717) is 0 Å². The molecule has 0 saturated carbocycles. The molecule has 2 rings (SSSR count). The van der Waals surface area contributed by atoms with Gasteiger partial charge in [-0.05, 0) is 43.3 Å². The lowest BCUT2D eigenvalue weighted by Gasteiger charge is -2.06. The van der Waals surface area contributed by atoms with Crippen molar-refractivity contribution in [2.24, 2.45) is 5.10 Å². The van der Waals surface area contributed by atoms with Gasteiger partial charge in [-0.1, -0.05) is 11.6 Å². The van der Waals surface area contributed by atoms with Crippen LogP contribution in [0.1, 0.15) is 22.8 Å². The smallest absolute Gasteiger partial charge is 0.275 e. The minimum absolute atomic E-state index is 0.0735. The van der Waals surface area contributed by atoms with E-state index in [1.54, 1.807) is 0 Å². The second-order valence-electron chi connectivity index (χ2n) is 4.42. The molecule has 0 saturated heterocycles. The fourth-order valence-corrected chi connectivity index (χ4v) is 1.89. The maximum Gasteiger partial charge on any atom is 0.275 e. The molecular weight excluding hydrogens is 314 g/mol. The summed E-state index contributed by atoms with van der Waals surface area (Å²) in [5.41, 5.74) is 2.08. The number of phenolic OH excluding ortho intramolecular Hbond substituents is 1. The highest BCUT2D eigenvalue weighted by Crippen LogP contribution is 2.21. The van der Waals surface area contributed by atoms with Crippen LogP contribution in [0.4, 0.5) is 8.78 Å². The Labute approximate surface area is 130 Å². The third-order valence-corrected chi connectivity index (χ3v) is 3.08. The molecule has 7 heteroatoms. The predicted molar refractivity (Wildman–Crippen MR) is 79.2 cm³/mol. The monoisotopic (exact) mass is 324 g/mol. The number of rotatable bonds is 3. The van der Waals surface area contributed by atoms with E-state index in [1.807, 2.05) is 0 Å². The summed E-state index contributed by atoms with van der Waals surface area (Å²) in [7, 11) is 0. The second kappa shape index (κ2) is 6.53. The van der Waals surface area contributed by atoms with Crippen LogP contribution >= 0.6 is 11.6 Å². The standard InChI is InChI=1S/C15H11ClF2N2O2/c1-8(11-7-10(17)3-4-13(11)18)19-20-15(22)12-6-9(16)2-5-14(12)21/h2-7,21H,1H3,(H,20,22)/b19-8-. The van der Waals surface area contributed by atoms with E-state index in [4.69, 9.17) is 11.6 Å². The van der Waals surface area contributed by atoms with Crippen molar-refractivity contribution >= 4 is 23.2 Å². The van der Waals surface area contributed by atoms with Crippen LogP contribution in [0.15, 0.2) is 41.5 Å². The average Bonchev–Trinajstić information content (AvgIpc) is 2.49. The first-order valence-corrected chi connectivity index (χ1v) is 6.55. The molecule has 0 fully saturated rings. The Morgan fingerprint density at radius 1 is 1.18 bits per heavy atom. The summed E-state index contributed by atoms with van der Waals surface area (Å²) < 4.78 is 26.7. The summed E-state index contributed by atoms with van der Waals surface area (Å²) in [6, 6.07) is 6.87. The van der Waals surface area contributed by atoms with Crippen molar-refractivity contribution in [2.75, 3.05) is 0 Å². The fraction of sp³-hybridized carbons (Fsp3) is 0.0667. The maximum absolute atomic E-state index is 13.6. The Morgan fingerprint density at radius 3 is 2.64 bits per heavy atom. The lowest BCUT2D eigenvalue weighted by molar-refractivity contribution is 0.0952.